The van der Waals surface area contributed by atoms with Gasteiger partial charge >= 0.3 is 5.97 Å². The molecule has 2 aliphatic heterocycles. The fourth-order valence-corrected chi connectivity index (χ4v) is 5.96. The predicted molar refractivity (Wildman–Crippen MR) is 115 cm³/mol. The van der Waals surface area contributed by atoms with Crippen molar-refractivity contribution in [3.63, 3.8) is 0 Å². The van der Waals surface area contributed by atoms with Crippen LogP contribution in [0.3, 0.4) is 0 Å². The van der Waals surface area contributed by atoms with E-state index < -0.39 is 0 Å². The van der Waals surface area contributed by atoms with Crippen molar-refractivity contribution in [1.29, 1.82) is 0 Å². The number of esters is 1. The molecule has 1 N–H and O–H groups in total. The molecule has 154 valence electrons. The molecule has 2 saturated heterocycles. The van der Waals surface area contributed by atoms with Crippen LogP contribution in [0, 0.1) is 17.3 Å². The molecule has 0 amide bonds. The third-order valence-corrected chi connectivity index (χ3v) is 7.12. The molecule has 2 heterocycles. The molecule has 4 aliphatic rings. The standard InChI is InChI=1S/C20H33N3O3.HI/c1-3-25-18(24)14-7-6-11-23(13-14)19(21-2)22-16-15-8-12-26-17(15)20(16)9-4-5-10-20;/h14-17H,3-13H2,1-2H3,(H,21,22);1H. The van der Waals surface area contributed by atoms with Crippen molar-refractivity contribution in [1.82, 2.24) is 10.2 Å². The molecule has 27 heavy (non-hydrogen) atoms. The molecule has 0 bridgehead atoms. The number of piperidine rings is 1. The number of carbonyl (C=O) groups excluding carboxylic acids is 1. The van der Waals surface area contributed by atoms with Crippen LogP contribution >= 0.6 is 24.0 Å². The van der Waals surface area contributed by atoms with Gasteiger partial charge in [0.25, 0.3) is 0 Å². The van der Waals surface area contributed by atoms with Crippen LogP contribution in [0.2, 0.25) is 0 Å². The van der Waals surface area contributed by atoms with E-state index in [-0.39, 0.29) is 35.9 Å². The van der Waals surface area contributed by atoms with Gasteiger partial charge in [-0.05, 0) is 39.0 Å². The second kappa shape index (κ2) is 8.84. The number of hydrogen-bond acceptors (Lipinski definition) is 4. The average Bonchev–Trinajstić information content (AvgIpc) is 3.31. The van der Waals surface area contributed by atoms with Gasteiger partial charge in [0.15, 0.2) is 5.96 Å². The minimum absolute atomic E-state index is 0. The van der Waals surface area contributed by atoms with Crippen LogP contribution in [0.5, 0.6) is 0 Å². The lowest BCUT2D eigenvalue weighted by atomic mass is 9.54. The van der Waals surface area contributed by atoms with Gasteiger partial charge in [0.05, 0.1) is 18.6 Å². The Bertz CT molecular complexity index is 565. The number of nitrogens with zero attached hydrogens (tertiary/aromatic N) is 2. The summed E-state index contributed by atoms with van der Waals surface area (Å²) in [5, 5.41) is 3.81. The van der Waals surface area contributed by atoms with E-state index in [1.807, 2.05) is 14.0 Å². The van der Waals surface area contributed by atoms with Crippen LogP contribution in [0.1, 0.15) is 51.9 Å². The van der Waals surface area contributed by atoms with Crippen LogP contribution in [-0.4, -0.2) is 62.3 Å². The number of aliphatic imine (C=N–C) groups is 1. The first-order chi connectivity index (χ1) is 12.7. The average molecular weight is 491 g/mol. The van der Waals surface area contributed by atoms with Crippen molar-refractivity contribution < 1.29 is 14.3 Å². The molecule has 0 aromatic heterocycles. The molecule has 4 atom stereocenters. The normalized spacial score (nSPS) is 34.6. The Kier molecular flexibility index (Phi) is 6.93. The molecule has 1 spiro atoms. The van der Waals surface area contributed by atoms with E-state index in [4.69, 9.17) is 9.47 Å². The summed E-state index contributed by atoms with van der Waals surface area (Å²) in [4.78, 5) is 19.0. The molecule has 4 unspecified atom stereocenters. The lowest BCUT2D eigenvalue weighted by Crippen LogP contribution is -2.69. The van der Waals surface area contributed by atoms with E-state index in [9.17, 15) is 4.79 Å². The first-order valence-electron chi connectivity index (χ1n) is 10.5. The van der Waals surface area contributed by atoms with E-state index >= 15 is 0 Å². The molecule has 6 nitrogen and oxygen atoms in total. The largest absolute Gasteiger partial charge is 0.466 e. The number of hydrogen-bond donors (Lipinski definition) is 1. The second-order valence-electron chi connectivity index (χ2n) is 8.39. The van der Waals surface area contributed by atoms with Gasteiger partial charge in [-0.3, -0.25) is 9.79 Å². The zero-order valence-electron chi connectivity index (χ0n) is 16.6. The van der Waals surface area contributed by atoms with Crippen LogP contribution < -0.4 is 5.32 Å². The molecular weight excluding hydrogens is 457 g/mol. The molecule has 7 heteroatoms. The number of halogens is 1. The number of fused-ring (bicyclic) bond motifs is 2. The summed E-state index contributed by atoms with van der Waals surface area (Å²) >= 11 is 0. The summed E-state index contributed by atoms with van der Waals surface area (Å²) in [5.74, 6) is 1.48. The maximum Gasteiger partial charge on any atom is 0.310 e. The first-order valence-corrected chi connectivity index (χ1v) is 10.5. The van der Waals surface area contributed by atoms with Crippen LogP contribution in [0.4, 0.5) is 0 Å². The number of rotatable bonds is 3. The van der Waals surface area contributed by atoms with E-state index in [2.05, 4.69) is 15.2 Å². The smallest absolute Gasteiger partial charge is 0.310 e. The summed E-state index contributed by atoms with van der Waals surface area (Å²) in [6.45, 7) is 4.90. The van der Waals surface area contributed by atoms with Gasteiger partial charge in [-0.15, -0.1) is 24.0 Å². The Labute approximate surface area is 179 Å². The van der Waals surface area contributed by atoms with Crippen LogP contribution in [0.25, 0.3) is 0 Å². The maximum atomic E-state index is 12.2. The minimum atomic E-state index is -0.0622. The SMILES string of the molecule is CCOC(=O)C1CCCN(C(=NC)NC2C3CCOC3C23CCCC3)C1.I. The maximum absolute atomic E-state index is 12.2. The molecule has 2 saturated carbocycles. The Morgan fingerprint density at radius 3 is 2.78 bits per heavy atom. The summed E-state index contributed by atoms with van der Waals surface area (Å²) in [6.07, 6.45) is 8.72. The van der Waals surface area contributed by atoms with Crippen molar-refractivity contribution in [3.05, 3.63) is 0 Å². The number of guanidine groups is 1. The monoisotopic (exact) mass is 491 g/mol. The Balaban J connectivity index is 0.00000210. The van der Waals surface area contributed by atoms with Crippen molar-refractivity contribution in [2.45, 2.75) is 64.0 Å². The highest BCUT2D eigenvalue weighted by Gasteiger charge is 2.65. The first kappa shape index (κ1) is 21.1. The zero-order chi connectivity index (χ0) is 18.1. The highest BCUT2D eigenvalue weighted by molar-refractivity contribution is 14.0. The molecular formula is C20H34IN3O3. The summed E-state index contributed by atoms with van der Waals surface area (Å²) in [6, 6.07) is 0.471. The van der Waals surface area contributed by atoms with Gasteiger partial charge in [0.1, 0.15) is 0 Å². The highest BCUT2D eigenvalue weighted by Crippen LogP contribution is 2.60. The predicted octanol–water partition coefficient (Wildman–Crippen LogP) is 2.80. The van der Waals surface area contributed by atoms with Gasteiger partial charge in [0.2, 0.25) is 0 Å². The van der Waals surface area contributed by atoms with Crippen molar-refractivity contribution >= 4 is 35.9 Å². The van der Waals surface area contributed by atoms with E-state index in [0.29, 0.717) is 36.6 Å². The van der Waals surface area contributed by atoms with Crippen LogP contribution in [0.15, 0.2) is 4.99 Å². The molecule has 0 aromatic carbocycles. The number of ether oxygens (including phenoxy) is 2. The third kappa shape index (κ3) is 3.70. The topological polar surface area (TPSA) is 63.2 Å². The number of likely N-dealkylation sites (tertiary alicyclic amines) is 1. The van der Waals surface area contributed by atoms with E-state index in [1.54, 1.807) is 0 Å². The Morgan fingerprint density at radius 1 is 1.30 bits per heavy atom. The quantitative estimate of drug-likeness (QED) is 0.285. The van der Waals surface area contributed by atoms with Crippen molar-refractivity contribution in [2.75, 3.05) is 33.4 Å². The number of carbonyl (C=O) groups is 1. The van der Waals surface area contributed by atoms with Gasteiger partial charge in [-0.1, -0.05) is 12.8 Å². The summed E-state index contributed by atoms with van der Waals surface area (Å²) in [5.41, 5.74) is 0.313. The fourth-order valence-electron chi connectivity index (χ4n) is 5.96. The second-order valence-corrected chi connectivity index (χ2v) is 8.39. The van der Waals surface area contributed by atoms with Gasteiger partial charge in [-0.2, -0.15) is 0 Å². The molecule has 0 aromatic rings. The number of nitrogens with one attached hydrogen (secondary N) is 1. The fraction of sp³-hybridized carbons (Fsp3) is 0.900. The molecule has 2 aliphatic carbocycles. The van der Waals surface area contributed by atoms with Crippen molar-refractivity contribution in [3.8, 4) is 0 Å². The van der Waals surface area contributed by atoms with E-state index in [0.717, 1.165) is 38.4 Å². The summed E-state index contributed by atoms with van der Waals surface area (Å²) < 4.78 is 11.3. The van der Waals surface area contributed by atoms with E-state index in [1.165, 1.54) is 25.7 Å². The van der Waals surface area contributed by atoms with Gasteiger partial charge in [0, 0.05) is 44.1 Å². The molecule has 4 fully saturated rings. The highest BCUT2D eigenvalue weighted by atomic mass is 127. The lowest BCUT2D eigenvalue weighted by molar-refractivity contribution is -0.149. The van der Waals surface area contributed by atoms with Gasteiger partial charge in [-0.25, -0.2) is 0 Å². The molecule has 4 rings (SSSR count). The zero-order valence-corrected chi connectivity index (χ0v) is 18.9. The minimum Gasteiger partial charge on any atom is -0.466 e. The van der Waals surface area contributed by atoms with Crippen molar-refractivity contribution in [2.24, 2.45) is 22.2 Å². The summed E-state index contributed by atoms with van der Waals surface area (Å²) in [7, 11) is 1.86. The third-order valence-electron chi connectivity index (χ3n) is 7.12. The lowest BCUT2D eigenvalue weighted by Gasteiger charge is -2.57. The molecule has 0 radical (unpaired) electrons. The Hall–Kier alpha value is -0.570. The Morgan fingerprint density at radius 2 is 2.07 bits per heavy atom. The van der Waals surface area contributed by atoms with Crippen LogP contribution in [-0.2, 0) is 14.3 Å². The van der Waals surface area contributed by atoms with Gasteiger partial charge < -0.3 is 19.7 Å².